The topological polar surface area (TPSA) is 26.3 Å². The summed E-state index contributed by atoms with van der Waals surface area (Å²) in [6, 6.07) is 8.36. The second-order valence-corrected chi connectivity index (χ2v) is 6.92. The average Bonchev–Trinajstić information content (AvgIpc) is 2.95. The van der Waals surface area contributed by atoms with Crippen LogP contribution in [0.3, 0.4) is 0 Å². The third kappa shape index (κ3) is 3.21. The first-order chi connectivity index (χ1) is 11.8. The van der Waals surface area contributed by atoms with Crippen LogP contribution in [0, 0.1) is 17.0 Å². The summed E-state index contributed by atoms with van der Waals surface area (Å²) in [5, 5.41) is 0. The van der Waals surface area contributed by atoms with E-state index in [-0.39, 0.29) is 11.0 Å². The minimum atomic E-state index is -0.501. The van der Waals surface area contributed by atoms with E-state index in [9.17, 15) is 13.6 Å². The maximum absolute atomic E-state index is 14.4. The van der Waals surface area contributed by atoms with Gasteiger partial charge in [0.15, 0.2) is 0 Å². The van der Waals surface area contributed by atoms with Crippen molar-refractivity contribution >= 4 is 11.5 Å². The normalized spacial score (nSPS) is 15.8. The van der Waals surface area contributed by atoms with E-state index in [2.05, 4.69) is 19.9 Å². The van der Waals surface area contributed by atoms with Crippen LogP contribution in [-0.4, -0.2) is 13.1 Å². The van der Waals surface area contributed by atoms with Gasteiger partial charge in [-0.1, -0.05) is 26.0 Å². The third-order valence-corrected chi connectivity index (χ3v) is 4.80. The largest absolute Gasteiger partial charge is 0.465 e. The molecule has 0 aromatic heterocycles. The maximum Gasteiger partial charge on any atom is 0.337 e. The molecule has 130 valence electrons. The Morgan fingerprint density at radius 2 is 1.80 bits per heavy atom. The van der Waals surface area contributed by atoms with Crippen molar-refractivity contribution in [2.75, 3.05) is 7.11 Å². The van der Waals surface area contributed by atoms with Crippen LogP contribution in [0.25, 0.3) is 16.7 Å². The molecule has 0 radical (unpaired) electrons. The van der Waals surface area contributed by atoms with Gasteiger partial charge in [-0.05, 0) is 65.3 Å². The zero-order valence-electron chi connectivity index (χ0n) is 14.5. The van der Waals surface area contributed by atoms with Gasteiger partial charge in [0.25, 0.3) is 0 Å². The van der Waals surface area contributed by atoms with Crippen molar-refractivity contribution < 1.29 is 18.3 Å². The molecule has 2 aromatic carbocycles. The summed E-state index contributed by atoms with van der Waals surface area (Å²) in [6.07, 6.45) is 3.99. The molecule has 2 nitrogen and oxygen atoms in total. The first-order valence-corrected chi connectivity index (χ1v) is 8.22. The molecule has 0 unspecified atom stereocenters. The number of rotatable bonds is 3. The van der Waals surface area contributed by atoms with Gasteiger partial charge in [0.05, 0.1) is 12.7 Å². The maximum atomic E-state index is 14.4. The molecule has 3 rings (SSSR count). The summed E-state index contributed by atoms with van der Waals surface area (Å²) >= 11 is 0. The van der Waals surface area contributed by atoms with Crippen LogP contribution in [0.2, 0.25) is 0 Å². The summed E-state index contributed by atoms with van der Waals surface area (Å²) in [7, 11) is 1.32. The molecular formula is C21H20F2O2. The van der Waals surface area contributed by atoms with Crippen molar-refractivity contribution in [2.45, 2.75) is 26.7 Å². The zero-order chi connectivity index (χ0) is 18.2. The van der Waals surface area contributed by atoms with Gasteiger partial charge >= 0.3 is 5.97 Å². The van der Waals surface area contributed by atoms with Crippen LogP contribution >= 0.6 is 0 Å². The number of benzene rings is 2. The lowest BCUT2D eigenvalue weighted by atomic mass is 9.79. The molecular weight excluding hydrogens is 322 g/mol. The molecule has 0 fully saturated rings. The highest BCUT2D eigenvalue weighted by molar-refractivity contribution is 5.94. The Hall–Kier alpha value is -2.49. The van der Waals surface area contributed by atoms with Gasteiger partial charge in [0.1, 0.15) is 11.6 Å². The minimum absolute atomic E-state index is 0.104. The number of carbonyl (C=O) groups excluding carboxylic acids is 1. The van der Waals surface area contributed by atoms with Crippen molar-refractivity contribution in [3.05, 3.63) is 65.2 Å². The Kier molecular flexibility index (Phi) is 4.46. The van der Waals surface area contributed by atoms with Crippen molar-refractivity contribution in [2.24, 2.45) is 5.41 Å². The Balaban J connectivity index is 2.25. The van der Waals surface area contributed by atoms with Gasteiger partial charge < -0.3 is 4.74 Å². The lowest BCUT2D eigenvalue weighted by Crippen LogP contribution is -2.11. The van der Waals surface area contributed by atoms with Crippen molar-refractivity contribution in [1.29, 1.82) is 0 Å². The van der Waals surface area contributed by atoms with E-state index in [0.717, 1.165) is 36.1 Å². The van der Waals surface area contributed by atoms with E-state index < -0.39 is 17.6 Å². The van der Waals surface area contributed by atoms with E-state index in [1.54, 1.807) is 18.2 Å². The number of hydrogen-bond acceptors (Lipinski definition) is 2. The number of esters is 1. The lowest BCUT2D eigenvalue weighted by molar-refractivity contribution is 0.0600. The molecule has 0 aliphatic heterocycles. The molecule has 1 aliphatic rings. The van der Waals surface area contributed by atoms with Gasteiger partial charge in [0, 0.05) is 5.56 Å². The summed E-state index contributed by atoms with van der Waals surface area (Å²) in [5.74, 6) is -1.45. The van der Waals surface area contributed by atoms with Crippen molar-refractivity contribution in [1.82, 2.24) is 0 Å². The lowest BCUT2D eigenvalue weighted by Gasteiger charge is -2.25. The molecule has 1 aliphatic carbocycles. The van der Waals surface area contributed by atoms with E-state index >= 15 is 0 Å². The molecule has 4 heteroatoms. The predicted octanol–water partition coefficient (Wildman–Crippen LogP) is 5.62. The number of hydrogen-bond donors (Lipinski definition) is 0. The standard InChI is InChI=1S/C21H20F2O2/c1-21(2)10-4-5-18(21)16-11-13(20(24)25-3)6-8-15(16)17-12-14(22)7-9-19(17)23/h5-9,11-12H,4,10H2,1-3H3. The van der Waals surface area contributed by atoms with E-state index in [4.69, 9.17) is 4.74 Å². The van der Waals surface area contributed by atoms with E-state index in [1.165, 1.54) is 13.2 Å². The quantitative estimate of drug-likeness (QED) is 0.677. The van der Waals surface area contributed by atoms with Crippen molar-refractivity contribution in [3.8, 4) is 11.1 Å². The Morgan fingerprint density at radius 1 is 1.04 bits per heavy atom. The van der Waals surface area contributed by atoms with Gasteiger partial charge in [-0.15, -0.1) is 0 Å². The molecule has 0 amide bonds. The second kappa shape index (κ2) is 6.43. The number of ether oxygens (including phenoxy) is 1. The van der Waals surface area contributed by atoms with E-state index in [1.807, 2.05) is 0 Å². The van der Waals surface area contributed by atoms with Crippen molar-refractivity contribution in [3.63, 3.8) is 0 Å². The van der Waals surface area contributed by atoms with Gasteiger partial charge in [0.2, 0.25) is 0 Å². The molecule has 0 atom stereocenters. The molecule has 0 saturated carbocycles. The fraction of sp³-hybridized carbons (Fsp3) is 0.286. The Labute approximate surface area is 146 Å². The number of allylic oxidation sites excluding steroid dienone is 2. The first kappa shape index (κ1) is 17.3. The summed E-state index contributed by atoms with van der Waals surface area (Å²) in [6.45, 7) is 4.23. The highest BCUT2D eigenvalue weighted by Gasteiger charge is 2.30. The number of halogens is 2. The van der Waals surface area contributed by atoms with Crippen LogP contribution in [0.5, 0.6) is 0 Å². The number of carbonyl (C=O) groups is 1. The average molecular weight is 342 g/mol. The van der Waals surface area contributed by atoms with Crippen LogP contribution in [-0.2, 0) is 4.74 Å². The molecule has 2 aromatic rings. The van der Waals surface area contributed by atoms with Crippen LogP contribution in [0.15, 0.2) is 42.5 Å². The highest BCUT2D eigenvalue weighted by Crippen LogP contribution is 2.47. The fourth-order valence-corrected chi connectivity index (χ4v) is 3.41. The summed E-state index contributed by atoms with van der Waals surface area (Å²) in [5.41, 5.74) is 2.84. The second-order valence-electron chi connectivity index (χ2n) is 6.92. The van der Waals surface area contributed by atoms with Crippen LogP contribution in [0.4, 0.5) is 8.78 Å². The Bertz CT molecular complexity index is 866. The summed E-state index contributed by atoms with van der Waals surface area (Å²) in [4.78, 5) is 11.9. The fourth-order valence-electron chi connectivity index (χ4n) is 3.41. The van der Waals surface area contributed by atoms with Crippen LogP contribution < -0.4 is 0 Å². The summed E-state index contributed by atoms with van der Waals surface area (Å²) < 4.78 is 32.9. The van der Waals surface area contributed by atoms with Gasteiger partial charge in [-0.25, -0.2) is 13.6 Å². The smallest absolute Gasteiger partial charge is 0.337 e. The first-order valence-electron chi connectivity index (χ1n) is 8.22. The van der Waals surface area contributed by atoms with Gasteiger partial charge in [-0.3, -0.25) is 0 Å². The predicted molar refractivity (Wildman–Crippen MR) is 94.1 cm³/mol. The van der Waals surface area contributed by atoms with Gasteiger partial charge in [-0.2, -0.15) is 0 Å². The van der Waals surface area contributed by atoms with E-state index in [0.29, 0.717) is 11.1 Å². The van der Waals surface area contributed by atoms with Crippen LogP contribution in [0.1, 0.15) is 42.6 Å². The monoisotopic (exact) mass is 342 g/mol. The molecule has 0 saturated heterocycles. The Morgan fingerprint density at radius 3 is 2.44 bits per heavy atom. The minimum Gasteiger partial charge on any atom is -0.465 e. The SMILES string of the molecule is COC(=O)c1ccc(-c2cc(F)ccc2F)c(C2=CCCC2(C)C)c1. The molecule has 25 heavy (non-hydrogen) atoms. The molecule has 0 bridgehead atoms. The zero-order valence-corrected chi connectivity index (χ0v) is 14.5. The molecule has 0 heterocycles. The highest BCUT2D eigenvalue weighted by atomic mass is 19.1. The molecule has 0 N–H and O–H groups in total. The third-order valence-electron chi connectivity index (χ3n) is 4.80. The number of methoxy groups -OCH3 is 1. The molecule has 0 spiro atoms.